The van der Waals surface area contributed by atoms with Gasteiger partial charge in [-0.2, -0.15) is 0 Å². The van der Waals surface area contributed by atoms with Crippen molar-refractivity contribution in [2.45, 2.75) is 6.04 Å². The second kappa shape index (κ2) is 18.9. The number of rotatable bonds is 1. The van der Waals surface area contributed by atoms with Crippen LogP contribution in [0.15, 0.2) is 12.7 Å². The van der Waals surface area contributed by atoms with Crippen molar-refractivity contribution in [3.05, 3.63) is 12.7 Å². The maximum Gasteiger partial charge on any atom is 0.00753 e. The van der Waals surface area contributed by atoms with Gasteiger partial charge in [0.1, 0.15) is 0 Å². The third-order valence-electron chi connectivity index (χ3n) is 0.289. The van der Waals surface area contributed by atoms with Gasteiger partial charge in [0.2, 0.25) is 0 Å². The van der Waals surface area contributed by atoms with E-state index in [1.807, 2.05) is 6.08 Å². The highest BCUT2D eigenvalue weighted by atomic mass is 35.5. The Hall–Kier alpha value is 0.207. The highest BCUT2D eigenvalue weighted by Gasteiger charge is 1.46. The first-order chi connectivity index (χ1) is 1.91. The van der Waals surface area contributed by atoms with E-state index in [2.05, 4.69) is 6.58 Å². The molecule has 0 heterocycles. The van der Waals surface area contributed by atoms with Crippen LogP contribution in [0.2, 0.25) is 6.04 Å². The Morgan fingerprint density at radius 2 is 1.83 bits per heavy atom. The maximum atomic E-state index is 3.51. The maximum absolute atomic E-state index is 3.51. The summed E-state index contributed by atoms with van der Waals surface area (Å²) in [5.74, 6) is 0. The quantitative estimate of drug-likeness (QED) is 0.337. The summed E-state index contributed by atoms with van der Waals surface area (Å²) in [7, 11) is 1.27. The molecule has 6 heavy (non-hydrogen) atoms. The van der Waals surface area contributed by atoms with Gasteiger partial charge in [0.05, 0.1) is 0 Å². The lowest BCUT2D eigenvalue weighted by atomic mass is 10.8. The third-order valence-corrected chi connectivity index (χ3v) is 0.866. The molecule has 0 aliphatic rings. The van der Waals surface area contributed by atoms with Gasteiger partial charge in [-0.25, -0.2) is 0 Å². The van der Waals surface area contributed by atoms with E-state index in [0.29, 0.717) is 0 Å². The number of hydrogen-bond donors (Lipinski definition) is 0. The lowest BCUT2D eigenvalue weighted by molar-refractivity contribution is 0.824. The molecule has 3 heteroatoms. The molecule has 0 aromatic rings. The molecule has 0 spiro atoms. The molecule has 0 bridgehead atoms. The third kappa shape index (κ3) is 29.7. The van der Waals surface area contributed by atoms with E-state index in [1.54, 1.807) is 0 Å². The fraction of sp³-hybridized carbons (Fsp3) is 0.333. The van der Waals surface area contributed by atoms with Crippen LogP contribution in [0, 0.1) is 0 Å². The molecule has 40 valence electrons. The highest BCUT2D eigenvalue weighted by molar-refractivity contribution is 6.09. The van der Waals surface area contributed by atoms with E-state index in [-0.39, 0.29) is 17.9 Å². The monoisotopic (exact) mass is 126 g/mol. The molecule has 0 rings (SSSR count). The summed E-state index contributed by atoms with van der Waals surface area (Å²) >= 11 is 0. The SMILES string of the molecule is C=CC[SiH3].Cl.O. The van der Waals surface area contributed by atoms with E-state index >= 15 is 0 Å². The molecule has 0 amide bonds. The Morgan fingerprint density at radius 1 is 1.67 bits per heavy atom. The van der Waals surface area contributed by atoms with E-state index in [1.165, 1.54) is 16.3 Å². The van der Waals surface area contributed by atoms with Crippen molar-refractivity contribution in [3.63, 3.8) is 0 Å². The second-order valence-electron chi connectivity index (χ2n) is 0.697. The van der Waals surface area contributed by atoms with Gasteiger partial charge < -0.3 is 5.48 Å². The summed E-state index contributed by atoms with van der Waals surface area (Å²) in [6.45, 7) is 3.51. The fourth-order valence-corrected chi connectivity index (χ4v) is 0. The summed E-state index contributed by atoms with van der Waals surface area (Å²) in [5.41, 5.74) is 0. The Labute approximate surface area is 47.6 Å². The van der Waals surface area contributed by atoms with E-state index in [4.69, 9.17) is 0 Å². The largest absolute Gasteiger partial charge is 0.412 e. The zero-order chi connectivity index (χ0) is 3.41. The van der Waals surface area contributed by atoms with Crippen LogP contribution in [0.25, 0.3) is 0 Å². The molecular weight excluding hydrogens is 116 g/mol. The van der Waals surface area contributed by atoms with Crippen LogP contribution in [0.4, 0.5) is 0 Å². The van der Waals surface area contributed by atoms with Gasteiger partial charge in [0.15, 0.2) is 0 Å². The van der Waals surface area contributed by atoms with Gasteiger partial charge in [0, 0.05) is 10.2 Å². The summed E-state index contributed by atoms with van der Waals surface area (Å²) in [4.78, 5) is 0. The van der Waals surface area contributed by atoms with Crippen LogP contribution in [-0.2, 0) is 0 Å². The predicted molar refractivity (Wildman–Crippen MR) is 35.8 cm³/mol. The molecule has 0 aromatic carbocycles. The lowest BCUT2D eigenvalue weighted by Crippen LogP contribution is -1.47. The molecular formula is C3H11ClOSi. The Morgan fingerprint density at radius 3 is 1.83 bits per heavy atom. The van der Waals surface area contributed by atoms with Crippen LogP contribution in [0.3, 0.4) is 0 Å². The highest BCUT2D eigenvalue weighted by Crippen LogP contribution is 1.61. The average molecular weight is 127 g/mol. The van der Waals surface area contributed by atoms with Crippen LogP contribution in [0.1, 0.15) is 0 Å². The van der Waals surface area contributed by atoms with Gasteiger partial charge in [-0.15, -0.1) is 19.0 Å². The number of halogens is 1. The van der Waals surface area contributed by atoms with Gasteiger partial charge in [-0.3, -0.25) is 0 Å². The van der Waals surface area contributed by atoms with Gasteiger partial charge in [0.25, 0.3) is 0 Å². The summed E-state index contributed by atoms with van der Waals surface area (Å²) in [6.07, 6.45) is 1.94. The first-order valence-corrected chi connectivity index (χ1v) is 2.94. The molecule has 0 aliphatic heterocycles. The topological polar surface area (TPSA) is 31.5 Å². The van der Waals surface area contributed by atoms with Gasteiger partial charge in [-0.05, 0) is 6.04 Å². The van der Waals surface area contributed by atoms with Crippen molar-refractivity contribution in [2.75, 3.05) is 0 Å². The molecule has 0 saturated heterocycles. The van der Waals surface area contributed by atoms with E-state index < -0.39 is 0 Å². The first-order valence-electron chi connectivity index (χ1n) is 1.52. The van der Waals surface area contributed by atoms with Crippen LogP contribution in [0.5, 0.6) is 0 Å². The van der Waals surface area contributed by atoms with Crippen LogP contribution in [-0.4, -0.2) is 15.7 Å². The normalized spacial score (nSPS) is 4.67. The smallest absolute Gasteiger partial charge is 0.00753 e. The number of allylic oxidation sites excluding steroid dienone is 1. The molecule has 2 N–H and O–H groups in total. The predicted octanol–water partition coefficient (Wildman–Crippen LogP) is -0.447. The molecule has 0 radical (unpaired) electrons. The molecule has 0 unspecified atom stereocenters. The molecule has 0 saturated carbocycles. The summed E-state index contributed by atoms with van der Waals surface area (Å²) in [5, 5.41) is 0. The summed E-state index contributed by atoms with van der Waals surface area (Å²) in [6, 6.07) is 1.22. The second-order valence-corrected chi connectivity index (χ2v) is 1.51. The van der Waals surface area contributed by atoms with Crippen molar-refractivity contribution in [2.24, 2.45) is 0 Å². The van der Waals surface area contributed by atoms with Crippen molar-refractivity contribution in [3.8, 4) is 0 Å². The van der Waals surface area contributed by atoms with Crippen LogP contribution < -0.4 is 0 Å². The molecule has 0 atom stereocenters. The molecule has 0 aromatic heterocycles. The van der Waals surface area contributed by atoms with E-state index in [9.17, 15) is 0 Å². The molecule has 0 aliphatic carbocycles. The van der Waals surface area contributed by atoms with E-state index in [0.717, 1.165) is 0 Å². The Kier molecular flexibility index (Phi) is 51.6. The van der Waals surface area contributed by atoms with Crippen molar-refractivity contribution in [1.29, 1.82) is 0 Å². The Balaban J connectivity index is -0.0000000450. The first kappa shape index (κ1) is 16.4. The number of hydrogen-bond acceptors (Lipinski definition) is 0. The molecule has 1 nitrogen and oxygen atoms in total. The lowest BCUT2D eigenvalue weighted by Gasteiger charge is -1.57. The Bertz CT molecular complexity index is 24.8. The average Bonchev–Trinajstić information content (AvgIpc) is 1.37. The minimum Gasteiger partial charge on any atom is -0.412 e. The minimum absolute atomic E-state index is 0. The summed E-state index contributed by atoms with van der Waals surface area (Å²) < 4.78 is 0. The van der Waals surface area contributed by atoms with Crippen molar-refractivity contribution >= 4 is 22.6 Å². The van der Waals surface area contributed by atoms with Gasteiger partial charge >= 0.3 is 0 Å². The van der Waals surface area contributed by atoms with Gasteiger partial charge in [-0.1, -0.05) is 6.08 Å². The zero-order valence-electron chi connectivity index (χ0n) is 3.90. The minimum atomic E-state index is 0. The zero-order valence-corrected chi connectivity index (χ0v) is 6.72. The standard InChI is InChI=1S/C3H8Si.ClH.H2O/c1-2-3-4;;/h2H,1,3H2,4H3;1H;1H2. The van der Waals surface area contributed by atoms with Crippen molar-refractivity contribution < 1.29 is 5.48 Å². The fourth-order valence-electron chi connectivity index (χ4n) is 0. The molecule has 0 fully saturated rings. The van der Waals surface area contributed by atoms with Crippen LogP contribution >= 0.6 is 12.4 Å². The van der Waals surface area contributed by atoms with Crippen molar-refractivity contribution in [1.82, 2.24) is 0 Å².